The Kier molecular flexibility index (Phi) is 7.13. The molecule has 1 saturated heterocycles. The summed E-state index contributed by atoms with van der Waals surface area (Å²) in [5, 5.41) is 0. The van der Waals surface area contributed by atoms with Crippen molar-refractivity contribution in [3.05, 3.63) is 58.9 Å². The summed E-state index contributed by atoms with van der Waals surface area (Å²) in [6.45, 7) is 2.98. The quantitative estimate of drug-likeness (QED) is 0.573. The van der Waals surface area contributed by atoms with Crippen molar-refractivity contribution in [1.82, 2.24) is 0 Å². The fraction of sp³-hybridized carbons (Fsp3) is 0.478. The first-order valence-electron chi connectivity index (χ1n) is 9.92. The van der Waals surface area contributed by atoms with Crippen LogP contribution < -0.4 is 0 Å². The third-order valence-corrected chi connectivity index (χ3v) is 5.43. The average molecular weight is 392 g/mol. The largest absolute Gasteiger partial charge is 0.385 e. The van der Waals surface area contributed by atoms with E-state index in [2.05, 4.69) is 0 Å². The van der Waals surface area contributed by atoms with Crippen molar-refractivity contribution in [3.8, 4) is 11.1 Å². The van der Waals surface area contributed by atoms with Crippen LogP contribution in [-0.4, -0.2) is 26.4 Å². The molecule has 2 unspecified atom stereocenters. The minimum Gasteiger partial charge on any atom is -0.385 e. The summed E-state index contributed by atoms with van der Waals surface area (Å²) in [6, 6.07) is 7.74. The molecule has 0 saturated carbocycles. The summed E-state index contributed by atoms with van der Waals surface area (Å²) in [5.41, 5.74) is 1.19. The van der Waals surface area contributed by atoms with Gasteiger partial charge in [0, 0.05) is 30.8 Å². The number of rotatable bonds is 7. The molecule has 1 aliphatic heterocycles. The second-order valence-corrected chi connectivity index (χ2v) is 7.41. The minimum atomic E-state index is -0.999. The molecule has 2 aromatic carbocycles. The lowest BCUT2D eigenvalue weighted by Gasteiger charge is -2.29. The van der Waals surface area contributed by atoms with Crippen molar-refractivity contribution >= 4 is 0 Å². The fourth-order valence-corrected chi connectivity index (χ4v) is 3.84. The summed E-state index contributed by atoms with van der Waals surface area (Å²) in [6.07, 6.45) is 4.05. The van der Waals surface area contributed by atoms with Crippen LogP contribution in [0.1, 0.15) is 49.7 Å². The highest BCUT2D eigenvalue weighted by atomic mass is 19.2. The maximum Gasteiger partial charge on any atom is 0.167 e. The van der Waals surface area contributed by atoms with E-state index >= 15 is 0 Å². The molecule has 0 amide bonds. The molecule has 0 bridgehead atoms. The minimum absolute atomic E-state index is 0.0449. The molecule has 0 spiro atoms. The standard InChI is InChI=1S/C23H27F3O2/c1-3-4-15-5-8-19(21(24)13-15)20-10-9-18(22(25)23(20)26)16-6-7-17(28-14-16)11-12-27-2/h5,8-10,13,16-17H,3-4,6-7,11-12,14H2,1-2H3. The van der Waals surface area contributed by atoms with E-state index < -0.39 is 17.5 Å². The highest BCUT2D eigenvalue weighted by molar-refractivity contribution is 5.66. The first-order valence-corrected chi connectivity index (χ1v) is 9.92. The molecule has 1 fully saturated rings. The van der Waals surface area contributed by atoms with E-state index in [0.717, 1.165) is 37.7 Å². The zero-order valence-corrected chi connectivity index (χ0v) is 16.4. The first kappa shape index (κ1) is 20.9. The molecule has 0 aromatic heterocycles. The van der Waals surface area contributed by atoms with E-state index in [1.807, 2.05) is 6.92 Å². The maximum absolute atomic E-state index is 14.8. The van der Waals surface area contributed by atoms with Crippen LogP contribution in [0, 0.1) is 17.5 Å². The molecule has 28 heavy (non-hydrogen) atoms. The van der Waals surface area contributed by atoms with Crippen LogP contribution in [0.25, 0.3) is 11.1 Å². The Morgan fingerprint density at radius 1 is 1.04 bits per heavy atom. The lowest BCUT2D eigenvalue weighted by molar-refractivity contribution is -0.0134. The predicted octanol–water partition coefficient (Wildman–Crippen LogP) is 6.02. The summed E-state index contributed by atoms with van der Waals surface area (Å²) in [4.78, 5) is 0. The number of ether oxygens (including phenoxy) is 2. The summed E-state index contributed by atoms with van der Waals surface area (Å²) < 4.78 is 54.9. The van der Waals surface area contributed by atoms with Crippen LogP contribution in [0.2, 0.25) is 0 Å². The second kappa shape index (κ2) is 9.57. The molecule has 0 aliphatic carbocycles. The van der Waals surface area contributed by atoms with Crippen molar-refractivity contribution < 1.29 is 22.6 Å². The van der Waals surface area contributed by atoms with Crippen molar-refractivity contribution in [1.29, 1.82) is 0 Å². The molecule has 1 aliphatic rings. The SMILES string of the molecule is CCCc1ccc(-c2ccc(C3CCC(CCOC)OC3)c(F)c2F)c(F)c1. The van der Waals surface area contributed by atoms with E-state index in [-0.39, 0.29) is 23.1 Å². The molecule has 0 radical (unpaired) electrons. The van der Waals surface area contributed by atoms with E-state index in [9.17, 15) is 13.2 Å². The van der Waals surface area contributed by atoms with Gasteiger partial charge >= 0.3 is 0 Å². The zero-order valence-electron chi connectivity index (χ0n) is 16.4. The molecule has 5 heteroatoms. The van der Waals surface area contributed by atoms with Gasteiger partial charge in [-0.3, -0.25) is 0 Å². The van der Waals surface area contributed by atoms with Gasteiger partial charge in [-0.1, -0.05) is 37.6 Å². The monoisotopic (exact) mass is 392 g/mol. The van der Waals surface area contributed by atoms with Crippen molar-refractivity contribution in [2.75, 3.05) is 20.3 Å². The van der Waals surface area contributed by atoms with E-state index in [4.69, 9.17) is 9.47 Å². The van der Waals surface area contributed by atoms with Gasteiger partial charge in [0.1, 0.15) is 5.82 Å². The van der Waals surface area contributed by atoms with Gasteiger partial charge in [-0.25, -0.2) is 13.2 Å². The fourth-order valence-electron chi connectivity index (χ4n) is 3.84. The Morgan fingerprint density at radius 2 is 1.82 bits per heavy atom. The normalized spacial score (nSPS) is 19.8. The first-order chi connectivity index (χ1) is 13.5. The number of halogens is 3. The molecule has 2 aromatic rings. The lowest BCUT2D eigenvalue weighted by Crippen LogP contribution is -2.26. The molecule has 152 valence electrons. The van der Waals surface area contributed by atoms with Gasteiger partial charge in [-0.15, -0.1) is 0 Å². The van der Waals surface area contributed by atoms with E-state index in [1.54, 1.807) is 19.2 Å². The molecule has 2 nitrogen and oxygen atoms in total. The smallest absolute Gasteiger partial charge is 0.167 e. The van der Waals surface area contributed by atoms with Crippen molar-refractivity contribution in [2.45, 2.75) is 51.0 Å². The molecular formula is C23H27F3O2. The average Bonchev–Trinajstić information content (AvgIpc) is 2.70. The van der Waals surface area contributed by atoms with Gasteiger partial charge < -0.3 is 9.47 Å². The lowest BCUT2D eigenvalue weighted by atomic mass is 9.88. The molecule has 1 heterocycles. The third-order valence-electron chi connectivity index (χ3n) is 5.43. The number of hydrogen-bond acceptors (Lipinski definition) is 2. The Balaban J connectivity index is 1.79. The molecule has 0 N–H and O–H groups in total. The van der Waals surface area contributed by atoms with Gasteiger partial charge in [0.05, 0.1) is 12.7 Å². The van der Waals surface area contributed by atoms with E-state index in [0.29, 0.717) is 18.8 Å². The van der Waals surface area contributed by atoms with Crippen LogP contribution in [0.3, 0.4) is 0 Å². The molecule has 2 atom stereocenters. The van der Waals surface area contributed by atoms with Crippen molar-refractivity contribution in [2.24, 2.45) is 0 Å². The van der Waals surface area contributed by atoms with Gasteiger partial charge in [-0.2, -0.15) is 0 Å². The molecule has 3 rings (SSSR count). The van der Waals surface area contributed by atoms with Crippen LogP contribution in [0.4, 0.5) is 13.2 Å². The Morgan fingerprint density at radius 3 is 2.46 bits per heavy atom. The number of benzene rings is 2. The van der Waals surface area contributed by atoms with E-state index in [1.165, 1.54) is 18.2 Å². The maximum atomic E-state index is 14.8. The topological polar surface area (TPSA) is 18.5 Å². The number of methoxy groups -OCH3 is 1. The predicted molar refractivity (Wildman–Crippen MR) is 104 cm³/mol. The second-order valence-electron chi connectivity index (χ2n) is 7.41. The van der Waals surface area contributed by atoms with Gasteiger partial charge in [0.15, 0.2) is 11.6 Å². The van der Waals surface area contributed by atoms with Crippen LogP contribution in [-0.2, 0) is 15.9 Å². The summed E-state index contributed by atoms with van der Waals surface area (Å²) >= 11 is 0. The Bertz CT molecular complexity index is 799. The zero-order chi connectivity index (χ0) is 20.1. The van der Waals surface area contributed by atoms with Crippen LogP contribution >= 0.6 is 0 Å². The summed E-state index contributed by atoms with van der Waals surface area (Å²) in [7, 11) is 1.64. The number of hydrogen-bond donors (Lipinski definition) is 0. The Labute approximate surface area is 164 Å². The van der Waals surface area contributed by atoms with Crippen LogP contribution in [0.15, 0.2) is 30.3 Å². The third kappa shape index (κ3) is 4.58. The van der Waals surface area contributed by atoms with Gasteiger partial charge in [0.25, 0.3) is 0 Å². The van der Waals surface area contributed by atoms with Gasteiger partial charge in [-0.05, 0) is 42.9 Å². The highest BCUT2D eigenvalue weighted by Crippen LogP contribution is 2.35. The molecular weight excluding hydrogens is 365 g/mol. The van der Waals surface area contributed by atoms with Gasteiger partial charge in [0.2, 0.25) is 0 Å². The summed E-state index contributed by atoms with van der Waals surface area (Å²) in [5.74, 6) is -2.63. The van der Waals surface area contributed by atoms with Crippen LogP contribution in [0.5, 0.6) is 0 Å². The Hall–Kier alpha value is -1.85. The van der Waals surface area contributed by atoms with Crippen molar-refractivity contribution in [3.63, 3.8) is 0 Å². The number of aryl methyl sites for hydroxylation is 1. The highest BCUT2D eigenvalue weighted by Gasteiger charge is 2.27.